The molecule has 1 unspecified atom stereocenters. The number of rotatable bonds is 13. The second-order valence-corrected chi connectivity index (χ2v) is 5.45. The average molecular weight is 272 g/mol. The summed E-state index contributed by atoms with van der Waals surface area (Å²) in [6, 6.07) is -0.0133. The average Bonchev–Trinajstić information content (AvgIpc) is 2.34. The first-order valence-corrected chi connectivity index (χ1v) is 7.71. The highest BCUT2D eigenvalue weighted by Gasteiger charge is 2.15. The predicted molar refractivity (Wildman–Crippen MR) is 80.1 cm³/mol. The molecule has 4 nitrogen and oxygen atoms in total. The van der Waals surface area contributed by atoms with Gasteiger partial charge in [-0.05, 0) is 12.8 Å². The van der Waals surface area contributed by atoms with E-state index in [0.29, 0.717) is 13.0 Å². The van der Waals surface area contributed by atoms with Crippen LogP contribution in [0.1, 0.15) is 65.7 Å². The maximum Gasteiger partial charge on any atom is 0.234 e. The maximum atomic E-state index is 11.2. The third kappa shape index (κ3) is 12.2. The SMILES string of the molecule is CCCCCCCCOCCC(NC(C)C)C(N)=O. The number of hydrogen-bond acceptors (Lipinski definition) is 3. The minimum absolute atomic E-state index is 0.260. The number of amides is 1. The van der Waals surface area contributed by atoms with Crippen LogP contribution in [0.25, 0.3) is 0 Å². The highest BCUT2D eigenvalue weighted by molar-refractivity contribution is 5.79. The number of hydrogen-bond donors (Lipinski definition) is 2. The summed E-state index contributed by atoms with van der Waals surface area (Å²) in [6.45, 7) is 7.63. The van der Waals surface area contributed by atoms with Crippen molar-refractivity contribution in [3.8, 4) is 0 Å². The monoisotopic (exact) mass is 272 g/mol. The zero-order valence-corrected chi connectivity index (χ0v) is 12.9. The molecule has 19 heavy (non-hydrogen) atoms. The Kier molecular flexibility index (Phi) is 12.0. The molecule has 0 aliphatic rings. The van der Waals surface area contributed by atoms with Crippen LogP contribution in [-0.2, 0) is 9.53 Å². The molecular weight excluding hydrogens is 240 g/mol. The maximum absolute atomic E-state index is 11.2. The highest BCUT2D eigenvalue weighted by Crippen LogP contribution is 2.05. The third-order valence-corrected chi connectivity index (χ3v) is 3.07. The lowest BCUT2D eigenvalue weighted by atomic mass is 10.1. The van der Waals surface area contributed by atoms with E-state index in [1.165, 1.54) is 32.1 Å². The molecule has 0 aromatic rings. The van der Waals surface area contributed by atoms with Crippen molar-refractivity contribution in [2.45, 2.75) is 77.8 Å². The van der Waals surface area contributed by atoms with Crippen molar-refractivity contribution in [3.05, 3.63) is 0 Å². The van der Waals surface area contributed by atoms with Crippen molar-refractivity contribution < 1.29 is 9.53 Å². The Balaban J connectivity index is 3.42. The molecule has 1 atom stereocenters. The van der Waals surface area contributed by atoms with Gasteiger partial charge in [0, 0.05) is 19.3 Å². The fraction of sp³-hybridized carbons (Fsp3) is 0.933. The van der Waals surface area contributed by atoms with E-state index in [-0.39, 0.29) is 18.0 Å². The summed E-state index contributed by atoms with van der Waals surface area (Å²) >= 11 is 0. The smallest absolute Gasteiger partial charge is 0.234 e. The third-order valence-electron chi connectivity index (χ3n) is 3.07. The van der Waals surface area contributed by atoms with E-state index in [1.807, 2.05) is 13.8 Å². The van der Waals surface area contributed by atoms with Crippen LogP contribution in [-0.4, -0.2) is 31.2 Å². The number of primary amides is 1. The molecule has 0 bridgehead atoms. The Hall–Kier alpha value is -0.610. The van der Waals surface area contributed by atoms with Crippen LogP contribution in [0.15, 0.2) is 0 Å². The molecule has 0 aliphatic carbocycles. The summed E-state index contributed by atoms with van der Waals surface area (Å²) in [5.41, 5.74) is 5.34. The predicted octanol–water partition coefficient (Wildman–Crippen LogP) is 2.61. The number of carbonyl (C=O) groups excluding carboxylic acids is 1. The number of unbranched alkanes of at least 4 members (excludes halogenated alkanes) is 5. The summed E-state index contributed by atoms with van der Waals surface area (Å²) in [5.74, 6) is -0.295. The zero-order valence-electron chi connectivity index (χ0n) is 12.9. The molecule has 3 N–H and O–H groups in total. The molecule has 1 amide bonds. The fourth-order valence-corrected chi connectivity index (χ4v) is 2.00. The molecule has 0 saturated heterocycles. The van der Waals surface area contributed by atoms with Gasteiger partial charge in [-0.15, -0.1) is 0 Å². The number of nitrogens with one attached hydrogen (secondary N) is 1. The van der Waals surface area contributed by atoms with Crippen LogP contribution >= 0.6 is 0 Å². The number of nitrogens with two attached hydrogens (primary N) is 1. The van der Waals surface area contributed by atoms with Gasteiger partial charge in [0.2, 0.25) is 5.91 Å². The fourth-order valence-electron chi connectivity index (χ4n) is 2.00. The quantitative estimate of drug-likeness (QED) is 0.507. The Labute approximate surface area is 118 Å². The summed E-state index contributed by atoms with van der Waals surface area (Å²) in [6.07, 6.45) is 8.26. The molecule has 0 heterocycles. The second-order valence-electron chi connectivity index (χ2n) is 5.45. The Morgan fingerprint density at radius 2 is 1.74 bits per heavy atom. The van der Waals surface area contributed by atoms with E-state index in [2.05, 4.69) is 12.2 Å². The molecule has 0 saturated carbocycles. The summed E-state index contributed by atoms with van der Waals surface area (Å²) in [5, 5.41) is 3.15. The van der Waals surface area contributed by atoms with Gasteiger partial charge >= 0.3 is 0 Å². The van der Waals surface area contributed by atoms with Gasteiger partial charge in [0.15, 0.2) is 0 Å². The zero-order chi connectivity index (χ0) is 14.5. The molecule has 0 aromatic carbocycles. The summed E-state index contributed by atoms with van der Waals surface area (Å²) in [4.78, 5) is 11.2. The molecule has 114 valence electrons. The molecule has 0 rings (SSSR count). The highest BCUT2D eigenvalue weighted by atomic mass is 16.5. The van der Waals surface area contributed by atoms with E-state index in [0.717, 1.165) is 13.0 Å². The molecule has 0 aromatic heterocycles. The molecule has 0 aliphatic heterocycles. The van der Waals surface area contributed by atoms with Gasteiger partial charge in [0.1, 0.15) is 0 Å². The first kappa shape index (κ1) is 18.4. The van der Waals surface area contributed by atoms with Crippen molar-refractivity contribution in [1.29, 1.82) is 0 Å². The Morgan fingerprint density at radius 3 is 2.32 bits per heavy atom. The van der Waals surface area contributed by atoms with Gasteiger partial charge < -0.3 is 15.8 Å². The first-order chi connectivity index (χ1) is 9.07. The standard InChI is InChI=1S/C15H32N2O2/c1-4-5-6-7-8-9-11-19-12-10-14(15(16)18)17-13(2)3/h13-14,17H,4-12H2,1-3H3,(H2,16,18). The van der Waals surface area contributed by atoms with Crippen LogP contribution in [0, 0.1) is 0 Å². The van der Waals surface area contributed by atoms with Gasteiger partial charge in [-0.25, -0.2) is 0 Å². The van der Waals surface area contributed by atoms with Gasteiger partial charge in [0.05, 0.1) is 6.04 Å². The Bertz CT molecular complexity index is 220. The lowest BCUT2D eigenvalue weighted by Crippen LogP contribution is -2.45. The van der Waals surface area contributed by atoms with Crippen molar-refractivity contribution in [2.24, 2.45) is 5.73 Å². The number of carbonyl (C=O) groups is 1. The normalized spacial score (nSPS) is 12.8. The van der Waals surface area contributed by atoms with Crippen LogP contribution in [0.5, 0.6) is 0 Å². The Morgan fingerprint density at radius 1 is 1.11 bits per heavy atom. The van der Waals surface area contributed by atoms with Crippen LogP contribution < -0.4 is 11.1 Å². The van der Waals surface area contributed by atoms with Crippen LogP contribution in [0.4, 0.5) is 0 Å². The van der Waals surface area contributed by atoms with Crippen molar-refractivity contribution in [2.75, 3.05) is 13.2 Å². The van der Waals surface area contributed by atoms with Crippen molar-refractivity contribution in [1.82, 2.24) is 5.32 Å². The van der Waals surface area contributed by atoms with Gasteiger partial charge in [0.25, 0.3) is 0 Å². The summed E-state index contributed by atoms with van der Waals surface area (Å²) < 4.78 is 5.55. The summed E-state index contributed by atoms with van der Waals surface area (Å²) in [7, 11) is 0. The minimum atomic E-state index is -0.295. The van der Waals surface area contributed by atoms with Gasteiger partial charge in [-0.2, -0.15) is 0 Å². The van der Waals surface area contributed by atoms with E-state index in [1.54, 1.807) is 0 Å². The van der Waals surface area contributed by atoms with E-state index < -0.39 is 0 Å². The van der Waals surface area contributed by atoms with Crippen molar-refractivity contribution >= 4 is 5.91 Å². The second kappa shape index (κ2) is 12.4. The minimum Gasteiger partial charge on any atom is -0.381 e. The molecule has 0 fully saturated rings. The van der Waals surface area contributed by atoms with Gasteiger partial charge in [-0.1, -0.05) is 52.9 Å². The lowest BCUT2D eigenvalue weighted by molar-refractivity contribution is -0.120. The van der Waals surface area contributed by atoms with E-state index in [4.69, 9.17) is 10.5 Å². The number of ether oxygens (including phenoxy) is 1. The van der Waals surface area contributed by atoms with Crippen LogP contribution in [0.3, 0.4) is 0 Å². The molecule has 4 heteroatoms. The van der Waals surface area contributed by atoms with E-state index in [9.17, 15) is 4.79 Å². The van der Waals surface area contributed by atoms with E-state index >= 15 is 0 Å². The van der Waals surface area contributed by atoms with Gasteiger partial charge in [-0.3, -0.25) is 4.79 Å². The molecule has 0 radical (unpaired) electrons. The van der Waals surface area contributed by atoms with Crippen LogP contribution in [0.2, 0.25) is 0 Å². The molecular formula is C15H32N2O2. The molecule has 0 spiro atoms. The van der Waals surface area contributed by atoms with Crippen molar-refractivity contribution in [3.63, 3.8) is 0 Å². The largest absolute Gasteiger partial charge is 0.381 e. The topological polar surface area (TPSA) is 64.3 Å². The lowest BCUT2D eigenvalue weighted by Gasteiger charge is -2.18. The first-order valence-electron chi connectivity index (χ1n) is 7.71.